The molecule has 6 nitrogen and oxygen atoms in total. The smallest absolute Gasteiger partial charge is 0.387 e. The number of ether oxygens (including phenoxy) is 2. The van der Waals surface area contributed by atoms with Crippen molar-refractivity contribution in [3.8, 4) is 11.5 Å². The Balaban J connectivity index is 1.83. The lowest BCUT2D eigenvalue weighted by Gasteiger charge is -2.28. The number of carbonyl (C=O) groups is 1. The Labute approximate surface area is 163 Å². The number of hydrogen-bond acceptors (Lipinski definition) is 6. The van der Waals surface area contributed by atoms with Crippen molar-refractivity contribution in [3.63, 3.8) is 0 Å². The first-order valence-corrected chi connectivity index (χ1v) is 9.30. The molecule has 146 valence electrons. The van der Waals surface area contributed by atoms with Crippen LogP contribution >= 0.6 is 11.3 Å². The van der Waals surface area contributed by atoms with E-state index in [1.54, 1.807) is 12.1 Å². The standard InChI is InChI=1S/C19H17F2N3O3S/c1-8-7-9(2)22-18-12(8)13-15(28-18)17(25)24-16(23-13)10-5-4-6-11(26-3)14(10)27-19(20)21/h4-7,16,19,23H,1-3H3,(H,24,25)/t16-/m0/s1. The summed E-state index contributed by atoms with van der Waals surface area (Å²) < 4.78 is 35.8. The third-order valence-corrected chi connectivity index (χ3v) is 5.59. The highest BCUT2D eigenvalue weighted by Gasteiger charge is 2.32. The number of nitrogens with one attached hydrogen (secondary N) is 2. The summed E-state index contributed by atoms with van der Waals surface area (Å²) in [5, 5.41) is 6.90. The second-order valence-corrected chi connectivity index (χ2v) is 7.37. The van der Waals surface area contributed by atoms with Crippen LogP contribution in [0, 0.1) is 13.8 Å². The fourth-order valence-electron chi connectivity index (χ4n) is 3.41. The zero-order chi connectivity index (χ0) is 20.0. The van der Waals surface area contributed by atoms with E-state index in [-0.39, 0.29) is 17.4 Å². The topological polar surface area (TPSA) is 72.5 Å². The van der Waals surface area contributed by atoms with E-state index in [1.807, 2.05) is 19.9 Å². The van der Waals surface area contributed by atoms with Crippen molar-refractivity contribution in [3.05, 3.63) is 46.0 Å². The van der Waals surface area contributed by atoms with Gasteiger partial charge in [0.25, 0.3) is 5.91 Å². The number of methoxy groups -OCH3 is 1. The SMILES string of the molecule is COc1cccc([C@@H]2NC(=O)c3sc4nc(C)cc(C)c4c3N2)c1OC(F)F. The molecule has 3 aromatic rings. The van der Waals surface area contributed by atoms with Crippen molar-refractivity contribution >= 4 is 33.1 Å². The molecule has 0 radical (unpaired) electrons. The molecule has 0 fully saturated rings. The van der Waals surface area contributed by atoms with Gasteiger partial charge in [0.05, 0.1) is 12.8 Å². The maximum Gasteiger partial charge on any atom is 0.387 e. The first kappa shape index (κ1) is 18.4. The van der Waals surface area contributed by atoms with Gasteiger partial charge in [0.15, 0.2) is 11.5 Å². The maximum absolute atomic E-state index is 13.0. The molecular weight excluding hydrogens is 388 g/mol. The van der Waals surface area contributed by atoms with Crippen LogP contribution < -0.4 is 20.1 Å². The normalized spacial score (nSPS) is 15.9. The van der Waals surface area contributed by atoms with Crippen LogP contribution in [0.3, 0.4) is 0 Å². The molecule has 1 amide bonds. The van der Waals surface area contributed by atoms with E-state index in [1.165, 1.54) is 24.5 Å². The van der Waals surface area contributed by atoms with Crippen molar-refractivity contribution < 1.29 is 23.0 Å². The molecule has 1 aromatic carbocycles. The Hall–Kier alpha value is -2.94. The number of para-hydroxylation sites is 1. The molecular formula is C19H17F2N3O3S. The fraction of sp³-hybridized carbons (Fsp3) is 0.263. The minimum atomic E-state index is -3.03. The van der Waals surface area contributed by atoms with Crippen LogP contribution in [0.1, 0.15) is 32.7 Å². The molecule has 3 heterocycles. The van der Waals surface area contributed by atoms with Gasteiger partial charge in [-0.2, -0.15) is 8.78 Å². The van der Waals surface area contributed by atoms with E-state index in [9.17, 15) is 13.6 Å². The van der Waals surface area contributed by atoms with Gasteiger partial charge in [-0.1, -0.05) is 12.1 Å². The van der Waals surface area contributed by atoms with Gasteiger partial charge in [0.2, 0.25) is 0 Å². The fourth-order valence-corrected chi connectivity index (χ4v) is 4.57. The Bertz CT molecular complexity index is 1080. The molecule has 4 rings (SSSR count). The lowest BCUT2D eigenvalue weighted by atomic mass is 10.1. The van der Waals surface area contributed by atoms with Gasteiger partial charge in [-0.05, 0) is 31.5 Å². The number of carbonyl (C=O) groups excluding carboxylic acids is 1. The molecule has 0 spiro atoms. The van der Waals surface area contributed by atoms with Crippen molar-refractivity contribution in [2.24, 2.45) is 0 Å². The summed E-state index contributed by atoms with van der Waals surface area (Å²) >= 11 is 1.29. The van der Waals surface area contributed by atoms with E-state index < -0.39 is 12.8 Å². The quantitative estimate of drug-likeness (QED) is 0.674. The Morgan fingerprint density at radius 1 is 1.25 bits per heavy atom. The van der Waals surface area contributed by atoms with E-state index in [0.717, 1.165) is 21.5 Å². The summed E-state index contributed by atoms with van der Waals surface area (Å²) in [6.07, 6.45) is -0.762. The van der Waals surface area contributed by atoms with Crippen LogP contribution in [0.15, 0.2) is 24.3 Å². The van der Waals surface area contributed by atoms with E-state index >= 15 is 0 Å². The highest BCUT2D eigenvalue weighted by Crippen LogP contribution is 2.43. The highest BCUT2D eigenvalue weighted by molar-refractivity contribution is 7.21. The molecule has 0 saturated carbocycles. The lowest BCUT2D eigenvalue weighted by Crippen LogP contribution is -2.38. The third kappa shape index (κ3) is 3.01. The average Bonchev–Trinajstić information content (AvgIpc) is 3.00. The van der Waals surface area contributed by atoms with Gasteiger partial charge in [-0.3, -0.25) is 4.79 Å². The van der Waals surface area contributed by atoms with Crippen molar-refractivity contribution in [1.29, 1.82) is 0 Å². The van der Waals surface area contributed by atoms with Crippen LogP contribution in [-0.4, -0.2) is 24.6 Å². The minimum Gasteiger partial charge on any atom is -0.493 e. The first-order valence-electron chi connectivity index (χ1n) is 8.49. The molecule has 28 heavy (non-hydrogen) atoms. The number of nitrogens with zero attached hydrogens (tertiary/aromatic N) is 1. The molecule has 1 aliphatic heterocycles. The molecule has 0 aliphatic carbocycles. The summed E-state index contributed by atoms with van der Waals surface area (Å²) in [6, 6.07) is 6.72. The number of halogens is 2. The number of anilines is 1. The van der Waals surface area contributed by atoms with Crippen molar-refractivity contribution in [1.82, 2.24) is 10.3 Å². The molecule has 1 atom stereocenters. The number of thiophene rings is 1. The molecule has 0 bridgehead atoms. The molecule has 0 unspecified atom stereocenters. The van der Waals surface area contributed by atoms with E-state index in [4.69, 9.17) is 9.47 Å². The number of hydrogen-bond donors (Lipinski definition) is 2. The largest absolute Gasteiger partial charge is 0.493 e. The predicted molar refractivity (Wildman–Crippen MR) is 103 cm³/mol. The Morgan fingerprint density at radius 3 is 2.75 bits per heavy atom. The van der Waals surface area contributed by atoms with Gasteiger partial charge < -0.3 is 20.1 Å². The van der Waals surface area contributed by atoms with Crippen LogP contribution in [0.2, 0.25) is 0 Å². The van der Waals surface area contributed by atoms with Crippen LogP contribution in [0.5, 0.6) is 11.5 Å². The summed E-state index contributed by atoms with van der Waals surface area (Å²) in [7, 11) is 1.37. The number of pyridine rings is 1. The Kier molecular flexibility index (Phi) is 4.54. The molecule has 0 saturated heterocycles. The van der Waals surface area contributed by atoms with Crippen LogP contribution in [-0.2, 0) is 0 Å². The molecule has 1 aliphatic rings. The minimum absolute atomic E-state index is 0.119. The number of aromatic nitrogens is 1. The maximum atomic E-state index is 13.0. The number of amides is 1. The molecule has 2 N–H and O–H groups in total. The lowest BCUT2D eigenvalue weighted by molar-refractivity contribution is -0.0520. The molecule has 2 aromatic heterocycles. The zero-order valence-corrected chi connectivity index (χ0v) is 16.1. The predicted octanol–water partition coefficient (Wildman–Crippen LogP) is 4.38. The summed E-state index contributed by atoms with van der Waals surface area (Å²) in [5.74, 6) is -0.264. The summed E-state index contributed by atoms with van der Waals surface area (Å²) in [5.41, 5.74) is 2.83. The van der Waals surface area contributed by atoms with Crippen LogP contribution in [0.4, 0.5) is 14.5 Å². The van der Waals surface area contributed by atoms with Gasteiger partial charge in [0.1, 0.15) is 15.9 Å². The number of fused-ring (bicyclic) bond motifs is 3. The second-order valence-electron chi connectivity index (χ2n) is 6.37. The van der Waals surface area contributed by atoms with Gasteiger partial charge in [-0.15, -0.1) is 11.3 Å². The zero-order valence-electron chi connectivity index (χ0n) is 15.3. The van der Waals surface area contributed by atoms with Gasteiger partial charge in [0, 0.05) is 16.6 Å². The summed E-state index contributed by atoms with van der Waals surface area (Å²) in [6.45, 7) is 0.816. The second kappa shape index (κ2) is 6.90. The highest BCUT2D eigenvalue weighted by atomic mass is 32.1. The monoisotopic (exact) mass is 405 g/mol. The molecule has 9 heteroatoms. The van der Waals surface area contributed by atoms with E-state index in [2.05, 4.69) is 15.6 Å². The summed E-state index contributed by atoms with van der Waals surface area (Å²) in [4.78, 5) is 18.5. The van der Waals surface area contributed by atoms with Crippen molar-refractivity contribution in [2.75, 3.05) is 12.4 Å². The first-order chi connectivity index (χ1) is 13.4. The van der Waals surface area contributed by atoms with Crippen LogP contribution in [0.25, 0.3) is 10.2 Å². The number of benzene rings is 1. The van der Waals surface area contributed by atoms with Gasteiger partial charge in [-0.25, -0.2) is 4.98 Å². The number of rotatable bonds is 4. The van der Waals surface area contributed by atoms with E-state index in [0.29, 0.717) is 16.1 Å². The number of aryl methyl sites for hydroxylation is 2. The number of alkyl halides is 2. The average molecular weight is 405 g/mol. The Morgan fingerprint density at radius 2 is 2.04 bits per heavy atom. The van der Waals surface area contributed by atoms with Crippen molar-refractivity contribution in [2.45, 2.75) is 26.6 Å². The van der Waals surface area contributed by atoms with Gasteiger partial charge >= 0.3 is 6.61 Å². The third-order valence-electron chi connectivity index (χ3n) is 4.50.